The third kappa shape index (κ3) is 3.14. The Labute approximate surface area is 133 Å². The lowest BCUT2D eigenvalue weighted by Gasteiger charge is -2.34. The van der Waals surface area contributed by atoms with Gasteiger partial charge >= 0.3 is 0 Å². The van der Waals surface area contributed by atoms with Crippen LogP contribution in [0.5, 0.6) is 5.75 Å². The number of pyridine rings is 1. The van der Waals surface area contributed by atoms with Gasteiger partial charge in [0.05, 0.1) is 24.5 Å². The Kier molecular flexibility index (Phi) is 4.15. The number of amides is 1. The van der Waals surface area contributed by atoms with Gasteiger partial charge in [-0.25, -0.2) is 4.98 Å². The number of halogens is 1. The van der Waals surface area contributed by atoms with Crippen molar-refractivity contribution in [2.75, 3.05) is 23.3 Å². The fourth-order valence-corrected chi connectivity index (χ4v) is 2.64. The first-order chi connectivity index (χ1) is 10.6. The minimum Gasteiger partial charge on any atom is -0.487 e. The Morgan fingerprint density at radius 1 is 1.41 bits per heavy atom. The molecule has 1 aromatic heterocycles. The molecule has 1 aromatic carbocycles. The van der Waals surface area contributed by atoms with Crippen molar-refractivity contribution >= 4 is 28.9 Å². The number of hydrogen-bond acceptors (Lipinski definition) is 4. The molecule has 1 atom stereocenters. The van der Waals surface area contributed by atoms with Crippen LogP contribution in [0, 0.1) is 0 Å². The molecule has 1 amide bonds. The van der Waals surface area contributed by atoms with Gasteiger partial charge in [0.25, 0.3) is 0 Å². The van der Waals surface area contributed by atoms with E-state index in [9.17, 15) is 4.79 Å². The molecule has 0 bridgehead atoms. The molecule has 2 heterocycles. The standard InChI is InChI=1S/C16H16ClN3O2/c1-11-9-20(13-6-2-3-7-14(13)22-11)10-15(21)19-12-5-4-8-18-16(12)17/h2-8,11H,9-10H2,1H3,(H,19,21)/t11-/m0/s1. The highest BCUT2D eigenvalue weighted by atomic mass is 35.5. The maximum absolute atomic E-state index is 12.3. The van der Waals surface area contributed by atoms with Crippen molar-refractivity contribution < 1.29 is 9.53 Å². The molecule has 0 unspecified atom stereocenters. The molecule has 5 nitrogen and oxygen atoms in total. The summed E-state index contributed by atoms with van der Waals surface area (Å²) in [5.41, 5.74) is 1.44. The number of nitrogens with one attached hydrogen (secondary N) is 1. The number of benzene rings is 1. The molecule has 0 aliphatic carbocycles. The fourth-order valence-electron chi connectivity index (χ4n) is 2.47. The summed E-state index contributed by atoms with van der Waals surface area (Å²) in [6.45, 7) is 2.87. The third-order valence-corrected chi connectivity index (χ3v) is 3.68. The normalized spacial score (nSPS) is 16.6. The highest BCUT2D eigenvalue weighted by Crippen LogP contribution is 2.32. The molecule has 114 valence electrons. The van der Waals surface area contributed by atoms with Crippen LogP contribution < -0.4 is 15.0 Å². The average Bonchev–Trinajstić information content (AvgIpc) is 2.49. The molecule has 6 heteroatoms. The van der Waals surface area contributed by atoms with E-state index in [0.29, 0.717) is 12.2 Å². The third-order valence-electron chi connectivity index (χ3n) is 3.38. The predicted octanol–water partition coefficient (Wildman–Crippen LogP) is 2.96. The lowest BCUT2D eigenvalue weighted by Crippen LogP contribution is -2.42. The Morgan fingerprint density at radius 2 is 2.23 bits per heavy atom. The van der Waals surface area contributed by atoms with Crippen molar-refractivity contribution in [1.82, 2.24) is 4.98 Å². The molecule has 0 saturated heterocycles. The highest BCUT2D eigenvalue weighted by molar-refractivity contribution is 6.32. The van der Waals surface area contributed by atoms with E-state index in [0.717, 1.165) is 11.4 Å². The average molecular weight is 318 g/mol. The number of carbonyl (C=O) groups is 1. The van der Waals surface area contributed by atoms with E-state index >= 15 is 0 Å². The number of aromatic nitrogens is 1. The van der Waals surface area contributed by atoms with Crippen LogP contribution in [0.3, 0.4) is 0 Å². The zero-order chi connectivity index (χ0) is 15.5. The lowest BCUT2D eigenvalue weighted by molar-refractivity contribution is -0.115. The molecule has 2 aromatic rings. The van der Waals surface area contributed by atoms with Crippen LogP contribution >= 0.6 is 11.6 Å². The number of anilines is 2. The first kappa shape index (κ1) is 14.7. The maximum atomic E-state index is 12.3. The van der Waals surface area contributed by atoms with E-state index in [1.165, 1.54) is 0 Å². The molecule has 0 radical (unpaired) electrons. The van der Waals surface area contributed by atoms with Gasteiger partial charge in [0, 0.05) is 6.20 Å². The first-order valence-corrected chi connectivity index (χ1v) is 7.42. The van der Waals surface area contributed by atoms with E-state index in [1.54, 1.807) is 18.3 Å². The summed E-state index contributed by atoms with van der Waals surface area (Å²) in [6.07, 6.45) is 1.61. The highest BCUT2D eigenvalue weighted by Gasteiger charge is 2.24. The SMILES string of the molecule is C[C@H]1CN(CC(=O)Nc2cccnc2Cl)c2ccccc2O1. The van der Waals surface area contributed by atoms with Crippen molar-refractivity contribution in [1.29, 1.82) is 0 Å². The van der Waals surface area contributed by atoms with Crippen molar-refractivity contribution in [2.24, 2.45) is 0 Å². The van der Waals surface area contributed by atoms with Gasteiger partial charge in [0.15, 0.2) is 5.15 Å². The molecule has 1 N–H and O–H groups in total. The molecule has 22 heavy (non-hydrogen) atoms. The Balaban J connectivity index is 1.73. The van der Waals surface area contributed by atoms with Crippen molar-refractivity contribution in [2.45, 2.75) is 13.0 Å². The molecular weight excluding hydrogens is 302 g/mol. The summed E-state index contributed by atoms with van der Waals surface area (Å²) in [5.74, 6) is 0.660. The lowest BCUT2D eigenvalue weighted by atomic mass is 10.2. The quantitative estimate of drug-likeness (QED) is 0.884. The molecule has 0 spiro atoms. The van der Waals surface area contributed by atoms with Crippen molar-refractivity contribution in [3.63, 3.8) is 0 Å². The minimum atomic E-state index is -0.140. The van der Waals surface area contributed by atoms with Gasteiger partial charge in [-0.15, -0.1) is 0 Å². The predicted molar refractivity (Wildman–Crippen MR) is 86.6 cm³/mol. The molecule has 3 rings (SSSR count). The van der Waals surface area contributed by atoms with Gasteiger partial charge in [0.2, 0.25) is 5.91 Å². The Hall–Kier alpha value is -2.27. The summed E-state index contributed by atoms with van der Waals surface area (Å²) >= 11 is 5.96. The monoisotopic (exact) mass is 317 g/mol. The van der Waals surface area contributed by atoms with E-state index in [4.69, 9.17) is 16.3 Å². The molecule has 1 aliphatic heterocycles. The number of rotatable bonds is 3. The Morgan fingerprint density at radius 3 is 3.05 bits per heavy atom. The number of ether oxygens (including phenoxy) is 1. The number of para-hydroxylation sites is 2. The summed E-state index contributed by atoms with van der Waals surface area (Å²) in [7, 11) is 0. The number of carbonyl (C=O) groups excluding carboxylic acids is 1. The first-order valence-electron chi connectivity index (χ1n) is 7.04. The van der Waals surface area contributed by atoms with Crippen molar-refractivity contribution in [3.8, 4) is 5.75 Å². The van der Waals surface area contributed by atoms with Crippen LogP contribution in [0.15, 0.2) is 42.6 Å². The molecular formula is C16H16ClN3O2. The smallest absolute Gasteiger partial charge is 0.243 e. The second kappa shape index (κ2) is 6.23. The van der Waals surface area contributed by atoms with Crippen LogP contribution in [0.1, 0.15) is 6.92 Å². The van der Waals surface area contributed by atoms with Gasteiger partial charge in [-0.2, -0.15) is 0 Å². The van der Waals surface area contributed by atoms with Gasteiger partial charge in [-0.1, -0.05) is 23.7 Å². The summed E-state index contributed by atoms with van der Waals surface area (Å²) in [5, 5.41) is 3.07. The van der Waals surface area contributed by atoms with Gasteiger partial charge in [-0.05, 0) is 31.2 Å². The Bertz CT molecular complexity index is 693. The largest absolute Gasteiger partial charge is 0.487 e. The zero-order valence-corrected chi connectivity index (χ0v) is 12.9. The van der Waals surface area contributed by atoms with Gasteiger partial charge in [0.1, 0.15) is 11.9 Å². The van der Waals surface area contributed by atoms with Crippen LogP contribution in [0.2, 0.25) is 5.15 Å². The van der Waals surface area contributed by atoms with Crippen LogP contribution in [0.25, 0.3) is 0 Å². The van der Waals surface area contributed by atoms with E-state index < -0.39 is 0 Å². The van der Waals surface area contributed by atoms with Crippen LogP contribution in [0.4, 0.5) is 11.4 Å². The van der Waals surface area contributed by atoms with E-state index in [1.807, 2.05) is 36.1 Å². The molecule has 0 fully saturated rings. The summed E-state index contributed by atoms with van der Waals surface area (Å²) < 4.78 is 5.78. The minimum absolute atomic E-state index is 0.0321. The van der Waals surface area contributed by atoms with Gasteiger partial charge < -0.3 is 15.0 Å². The van der Waals surface area contributed by atoms with Crippen LogP contribution in [-0.2, 0) is 4.79 Å². The second-order valence-electron chi connectivity index (χ2n) is 5.17. The molecule has 1 aliphatic rings. The fraction of sp³-hybridized carbons (Fsp3) is 0.250. The summed E-state index contributed by atoms with van der Waals surface area (Å²) in [4.78, 5) is 18.2. The van der Waals surface area contributed by atoms with Crippen molar-refractivity contribution in [3.05, 3.63) is 47.7 Å². The zero-order valence-electron chi connectivity index (χ0n) is 12.1. The van der Waals surface area contributed by atoms with Crippen LogP contribution in [-0.4, -0.2) is 30.1 Å². The summed E-state index contributed by atoms with van der Waals surface area (Å²) in [6, 6.07) is 11.2. The number of hydrogen-bond donors (Lipinski definition) is 1. The molecule has 0 saturated carbocycles. The number of fused-ring (bicyclic) bond motifs is 1. The maximum Gasteiger partial charge on any atom is 0.243 e. The topological polar surface area (TPSA) is 54.5 Å². The van der Waals surface area contributed by atoms with E-state index in [-0.39, 0.29) is 23.7 Å². The van der Waals surface area contributed by atoms with Gasteiger partial charge in [-0.3, -0.25) is 4.79 Å². The van der Waals surface area contributed by atoms with E-state index in [2.05, 4.69) is 10.3 Å². The second-order valence-corrected chi connectivity index (χ2v) is 5.52. The number of nitrogens with zero attached hydrogens (tertiary/aromatic N) is 2.